The van der Waals surface area contributed by atoms with Crippen LogP contribution < -0.4 is 10.6 Å². The van der Waals surface area contributed by atoms with Gasteiger partial charge < -0.3 is 10.6 Å². The van der Waals surface area contributed by atoms with E-state index in [1.807, 2.05) is 0 Å². The molecule has 2 rings (SSSR count). The number of hydrogen-bond donors (Lipinski definition) is 2. The third-order valence-corrected chi connectivity index (χ3v) is 4.18. The quantitative estimate of drug-likeness (QED) is 0.864. The Hall–Kier alpha value is -2.05. The summed E-state index contributed by atoms with van der Waals surface area (Å²) in [6.07, 6.45) is -3.07. The first-order valence-electron chi connectivity index (χ1n) is 8.05. The molecule has 7 heteroatoms. The summed E-state index contributed by atoms with van der Waals surface area (Å²) >= 11 is 0. The van der Waals surface area contributed by atoms with E-state index in [0.717, 1.165) is 0 Å². The van der Waals surface area contributed by atoms with Crippen molar-refractivity contribution in [1.82, 2.24) is 10.6 Å². The molecule has 0 heterocycles. The zero-order valence-electron chi connectivity index (χ0n) is 13.2. The van der Waals surface area contributed by atoms with Crippen molar-refractivity contribution in [3.63, 3.8) is 0 Å². The number of benzene rings is 1. The first-order chi connectivity index (χ1) is 11.4. The maximum atomic E-state index is 12.7. The van der Waals surface area contributed by atoms with Crippen molar-refractivity contribution in [2.24, 2.45) is 5.92 Å². The Morgan fingerprint density at radius 1 is 1.12 bits per heavy atom. The number of rotatable bonds is 5. The Morgan fingerprint density at radius 3 is 2.50 bits per heavy atom. The van der Waals surface area contributed by atoms with E-state index in [1.165, 1.54) is 0 Å². The van der Waals surface area contributed by atoms with Gasteiger partial charge in [0.15, 0.2) is 0 Å². The van der Waals surface area contributed by atoms with Gasteiger partial charge in [0, 0.05) is 24.6 Å². The summed E-state index contributed by atoms with van der Waals surface area (Å²) in [5.41, 5.74) is 0.498. The molecule has 0 radical (unpaired) electrons. The number of nitrogens with one attached hydrogen (secondary N) is 2. The zero-order valence-corrected chi connectivity index (χ0v) is 13.2. The molecule has 1 fully saturated rings. The minimum absolute atomic E-state index is 0.0474. The van der Waals surface area contributed by atoms with Crippen molar-refractivity contribution in [3.8, 4) is 0 Å². The van der Waals surface area contributed by atoms with Crippen molar-refractivity contribution < 1.29 is 22.8 Å². The predicted octanol–water partition coefficient (Wildman–Crippen LogP) is 3.04. The molecule has 132 valence electrons. The van der Waals surface area contributed by atoms with Gasteiger partial charge in [0.25, 0.3) is 5.91 Å². The number of alkyl halides is 3. The topological polar surface area (TPSA) is 58.2 Å². The molecular weight excluding hydrogens is 321 g/mol. The van der Waals surface area contributed by atoms with Crippen molar-refractivity contribution in [3.05, 3.63) is 35.9 Å². The first-order valence-corrected chi connectivity index (χ1v) is 8.05. The Labute approximate surface area is 138 Å². The van der Waals surface area contributed by atoms with Gasteiger partial charge in [-0.15, -0.1) is 0 Å². The molecule has 0 spiro atoms. The Morgan fingerprint density at radius 2 is 1.83 bits per heavy atom. The standard InChI is InChI=1S/C17H21F3N2O2/c18-17(19,20)13-7-4-8-14(11-13)22-15(23)9-10-21-16(24)12-5-2-1-3-6-12/h1-3,5-6,13-14H,4,7-11H2,(H,21,24)(H,22,23). The SMILES string of the molecule is O=C(CCNC(=O)c1ccccc1)NC1CCCC(C(F)(F)F)C1. The highest BCUT2D eigenvalue weighted by Gasteiger charge is 2.42. The summed E-state index contributed by atoms with van der Waals surface area (Å²) in [6.45, 7) is 0.148. The van der Waals surface area contributed by atoms with E-state index >= 15 is 0 Å². The van der Waals surface area contributed by atoms with Gasteiger partial charge in [-0.3, -0.25) is 9.59 Å². The minimum Gasteiger partial charge on any atom is -0.353 e. The van der Waals surface area contributed by atoms with Crippen molar-refractivity contribution in [2.45, 2.75) is 44.3 Å². The van der Waals surface area contributed by atoms with Crippen LogP contribution in [-0.2, 0) is 4.79 Å². The molecule has 4 nitrogen and oxygen atoms in total. The summed E-state index contributed by atoms with van der Waals surface area (Å²) in [5, 5.41) is 5.26. The minimum atomic E-state index is -4.20. The molecule has 24 heavy (non-hydrogen) atoms. The molecule has 1 aliphatic carbocycles. The molecule has 0 saturated heterocycles. The average Bonchev–Trinajstić information content (AvgIpc) is 2.55. The van der Waals surface area contributed by atoms with Crippen molar-refractivity contribution in [2.75, 3.05) is 6.54 Å². The summed E-state index contributed by atoms with van der Waals surface area (Å²) < 4.78 is 38.2. The maximum absolute atomic E-state index is 12.7. The van der Waals surface area contributed by atoms with Gasteiger partial charge in [-0.25, -0.2) is 0 Å². The van der Waals surface area contributed by atoms with E-state index in [9.17, 15) is 22.8 Å². The second-order valence-electron chi connectivity index (χ2n) is 6.04. The van der Waals surface area contributed by atoms with Crippen LogP contribution in [0.25, 0.3) is 0 Å². The summed E-state index contributed by atoms with van der Waals surface area (Å²) in [7, 11) is 0. The van der Waals surface area contributed by atoms with Crippen LogP contribution in [0.1, 0.15) is 42.5 Å². The van der Waals surface area contributed by atoms with E-state index < -0.39 is 18.1 Å². The summed E-state index contributed by atoms with van der Waals surface area (Å²) in [6, 6.07) is 8.15. The third kappa shape index (κ3) is 5.54. The Kier molecular flexibility index (Phi) is 6.23. The fourth-order valence-corrected chi connectivity index (χ4v) is 2.90. The number of hydrogen-bond acceptors (Lipinski definition) is 2. The largest absolute Gasteiger partial charge is 0.391 e. The van der Waals surface area contributed by atoms with E-state index in [2.05, 4.69) is 10.6 Å². The van der Waals surface area contributed by atoms with Crippen LogP contribution in [0.4, 0.5) is 13.2 Å². The molecule has 2 amide bonds. The van der Waals surface area contributed by atoms with Crippen molar-refractivity contribution in [1.29, 1.82) is 0 Å². The van der Waals surface area contributed by atoms with Crippen LogP contribution in [0, 0.1) is 5.92 Å². The molecule has 0 bridgehead atoms. The Bertz CT molecular complexity index is 561. The normalized spacial score (nSPS) is 21.1. The van der Waals surface area contributed by atoms with E-state index in [0.29, 0.717) is 18.4 Å². The lowest BCUT2D eigenvalue weighted by atomic mass is 9.85. The van der Waals surface area contributed by atoms with Crippen LogP contribution in [-0.4, -0.2) is 30.6 Å². The second kappa shape index (κ2) is 8.17. The lowest BCUT2D eigenvalue weighted by molar-refractivity contribution is -0.184. The molecule has 1 aliphatic rings. The van der Waals surface area contributed by atoms with Crippen LogP contribution in [0.3, 0.4) is 0 Å². The van der Waals surface area contributed by atoms with Gasteiger partial charge in [0.05, 0.1) is 5.92 Å². The molecule has 2 N–H and O–H groups in total. The molecule has 1 saturated carbocycles. The highest BCUT2D eigenvalue weighted by atomic mass is 19.4. The number of halogens is 3. The van der Waals surface area contributed by atoms with Gasteiger partial charge in [-0.1, -0.05) is 24.6 Å². The number of carbonyl (C=O) groups is 2. The summed E-state index contributed by atoms with van der Waals surface area (Å²) in [4.78, 5) is 23.6. The first kappa shape index (κ1) is 18.3. The van der Waals surface area contributed by atoms with Crippen LogP contribution in [0.15, 0.2) is 30.3 Å². The molecule has 0 aromatic heterocycles. The number of amides is 2. The molecule has 1 aromatic carbocycles. The monoisotopic (exact) mass is 342 g/mol. The van der Waals surface area contributed by atoms with E-state index in [-0.39, 0.29) is 37.6 Å². The average molecular weight is 342 g/mol. The lowest BCUT2D eigenvalue weighted by Gasteiger charge is -2.31. The predicted molar refractivity (Wildman–Crippen MR) is 83.3 cm³/mol. The van der Waals surface area contributed by atoms with Crippen molar-refractivity contribution >= 4 is 11.8 Å². The Balaban J connectivity index is 1.71. The molecular formula is C17H21F3N2O2. The molecule has 0 aliphatic heterocycles. The fraction of sp³-hybridized carbons (Fsp3) is 0.529. The maximum Gasteiger partial charge on any atom is 0.391 e. The second-order valence-corrected chi connectivity index (χ2v) is 6.04. The van der Waals surface area contributed by atoms with Crippen LogP contribution in [0.5, 0.6) is 0 Å². The van der Waals surface area contributed by atoms with Gasteiger partial charge in [0.1, 0.15) is 0 Å². The molecule has 2 atom stereocenters. The van der Waals surface area contributed by atoms with Gasteiger partial charge in [-0.05, 0) is 31.4 Å². The van der Waals surface area contributed by atoms with Crippen LogP contribution >= 0.6 is 0 Å². The van der Waals surface area contributed by atoms with E-state index in [4.69, 9.17) is 0 Å². The third-order valence-electron chi connectivity index (χ3n) is 4.18. The zero-order chi connectivity index (χ0) is 17.6. The van der Waals surface area contributed by atoms with Crippen LogP contribution in [0.2, 0.25) is 0 Å². The summed E-state index contributed by atoms with van der Waals surface area (Å²) in [5.74, 6) is -1.95. The molecule has 2 unspecified atom stereocenters. The lowest BCUT2D eigenvalue weighted by Crippen LogP contribution is -2.42. The van der Waals surface area contributed by atoms with Gasteiger partial charge in [0.2, 0.25) is 5.91 Å². The number of carbonyl (C=O) groups excluding carboxylic acids is 2. The van der Waals surface area contributed by atoms with Gasteiger partial charge in [-0.2, -0.15) is 13.2 Å². The smallest absolute Gasteiger partial charge is 0.353 e. The van der Waals surface area contributed by atoms with Gasteiger partial charge >= 0.3 is 6.18 Å². The fourth-order valence-electron chi connectivity index (χ4n) is 2.90. The highest BCUT2D eigenvalue weighted by Crippen LogP contribution is 2.37. The van der Waals surface area contributed by atoms with E-state index in [1.54, 1.807) is 30.3 Å². The molecule has 1 aromatic rings. The highest BCUT2D eigenvalue weighted by molar-refractivity contribution is 5.94.